The minimum absolute atomic E-state index is 0.113. The maximum Gasteiger partial charge on any atom is 0.236 e. The van der Waals surface area contributed by atoms with Gasteiger partial charge in [0.15, 0.2) is 0 Å². The summed E-state index contributed by atoms with van der Waals surface area (Å²) in [5.74, 6) is 1.50. The molecule has 6 heteroatoms. The van der Waals surface area contributed by atoms with Crippen LogP contribution in [0.3, 0.4) is 0 Å². The topological polar surface area (TPSA) is 32.5 Å². The lowest BCUT2D eigenvalue weighted by molar-refractivity contribution is 0.243. The maximum absolute atomic E-state index is 13.9. The Morgan fingerprint density at radius 2 is 1.81 bits per heavy atom. The van der Waals surface area contributed by atoms with Gasteiger partial charge < -0.3 is 4.42 Å². The van der Waals surface area contributed by atoms with E-state index in [9.17, 15) is 4.39 Å². The van der Waals surface area contributed by atoms with Crippen molar-refractivity contribution < 1.29 is 8.81 Å². The van der Waals surface area contributed by atoms with Crippen LogP contribution in [-0.4, -0.2) is 41.0 Å². The van der Waals surface area contributed by atoms with Gasteiger partial charge in [0.1, 0.15) is 11.6 Å². The Hall–Kier alpha value is -2.02. The van der Waals surface area contributed by atoms with Crippen molar-refractivity contribution in [2.45, 2.75) is 26.4 Å². The largest absolute Gasteiger partial charge is 0.440 e. The number of benzene rings is 1. The van der Waals surface area contributed by atoms with Gasteiger partial charge in [0, 0.05) is 31.7 Å². The van der Waals surface area contributed by atoms with E-state index in [4.69, 9.17) is 9.40 Å². The molecule has 1 aromatic carbocycles. The summed E-state index contributed by atoms with van der Waals surface area (Å²) in [6.45, 7) is 7.36. The number of nitrogens with zero attached hydrogens (tertiary/aromatic N) is 3. The van der Waals surface area contributed by atoms with Crippen LogP contribution in [0.4, 0.5) is 4.39 Å². The van der Waals surface area contributed by atoms with E-state index in [-0.39, 0.29) is 5.82 Å². The highest BCUT2D eigenvalue weighted by atomic mass is 32.1. The minimum atomic E-state index is -0.113. The summed E-state index contributed by atoms with van der Waals surface area (Å²) < 4.78 is 19.8. The van der Waals surface area contributed by atoms with Crippen LogP contribution in [0, 0.1) is 12.7 Å². The lowest BCUT2D eigenvalue weighted by Gasteiger charge is -2.21. The Kier molecular flexibility index (Phi) is 5.66. The standard InChI is InChI=1S/C21H24FN3OS/c1-16-19(23-21(26-16)20-8-4-13-27-20)15-25-10-5-9-24(11-12-25)14-17-6-2-3-7-18(17)22/h2-4,6-8,13H,5,9-12,14-15H2,1H3. The van der Waals surface area contributed by atoms with Crippen LogP contribution in [0.15, 0.2) is 46.2 Å². The molecule has 0 saturated carbocycles. The highest BCUT2D eigenvalue weighted by molar-refractivity contribution is 7.13. The first-order valence-electron chi connectivity index (χ1n) is 9.37. The van der Waals surface area contributed by atoms with Crippen LogP contribution in [-0.2, 0) is 13.1 Å². The summed E-state index contributed by atoms with van der Waals surface area (Å²) >= 11 is 1.64. The fraction of sp³-hybridized carbons (Fsp3) is 0.381. The van der Waals surface area contributed by atoms with Gasteiger partial charge in [0.25, 0.3) is 0 Å². The summed E-state index contributed by atoms with van der Waals surface area (Å²) in [5.41, 5.74) is 1.79. The van der Waals surface area contributed by atoms with Crippen molar-refractivity contribution in [3.05, 3.63) is 64.6 Å². The first kappa shape index (κ1) is 18.3. The van der Waals surface area contributed by atoms with Crippen LogP contribution < -0.4 is 0 Å². The van der Waals surface area contributed by atoms with Crippen molar-refractivity contribution in [3.63, 3.8) is 0 Å². The molecule has 1 fully saturated rings. The predicted molar refractivity (Wildman–Crippen MR) is 106 cm³/mol. The number of aryl methyl sites for hydroxylation is 1. The van der Waals surface area contributed by atoms with Crippen molar-refractivity contribution in [1.82, 2.24) is 14.8 Å². The Morgan fingerprint density at radius 3 is 2.56 bits per heavy atom. The molecule has 0 aliphatic carbocycles. The number of halogens is 1. The van der Waals surface area contributed by atoms with Crippen molar-refractivity contribution in [3.8, 4) is 10.8 Å². The molecular weight excluding hydrogens is 361 g/mol. The zero-order chi connectivity index (χ0) is 18.6. The molecule has 0 unspecified atom stereocenters. The summed E-state index contributed by atoms with van der Waals surface area (Å²) in [5, 5.41) is 2.04. The first-order valence-corrected chi connectivity index (χ1v) is 10.3. The minimum Gasteiger partial charge on any atom is -0.440 e. The van der Waals surface area contributed by atoms with E-state index < -0.39 is 0 Å². The predicted octanol–water partition coefficient (Wildman–Crippen LogP) is 4.56. The lowest BCUT2D eigenvalue weighted by Crippen LogP contribution is -2.30. The normalized spacial score (nSPS) is 16.5. The molecule has 2 aromatic heterocycles. The summed E-state index contributed by atoms with van der Waals surface area (Å²) in [4.78, 5) is 10.5. The van der Waals surface area contributed by atoms with E-state index in [0.717, 1.165) is 61.0 Å². The summed E-state index contributed by atoms with van der Waals surface area (Å²) in [7, 11) is 0. The molecule has 1 saturated heterocycles. The number of hydrogen-bond acceptors (Lipinski definition) is 5. The van der Waals surface area contributed by atoms with Crippen LogP contribution in [0.25, 0.3) is 10.8 Å². The van der Waals surface area contributed by atoms with Gasteiger partial charge in [-0.1, -0.05) is 24.3 Å². The second-order valence-electron chi connectivity index (χ2n) is 7.00. The van der Waals surface area contributed by atoms with E-state index in [1.54, 1.807) is 17.4 Å². The fourth-order valence-corrected chi connectivity index (χ4v) is 4.15. The number of rotatable bonds is 5. The van der Waals surface area contributed by atoms with Gasteiger partial charge in [-0.05, 0) is 43.9 Å². The molecule has 27 heavy (non-hydrogen) atoms. The number of thiophene rings is 1. The van der Waals surface area contributed by atoms with Gasteiger partial charge in [-0.3, -0.25) is 9.80 Å². The molecule has 142 valence electrons. The molecule has 0 radical (unpaired) electrons. The Labute approximate surface area is 163 Å². The second kappa shape index (κ2) is 8.33. The van der Waals surface area contributed by atoms with Crippen molar-refractivity contribution >= 4 is 11.3 Å². The van der Waals surface area contributed by atoms with E-state index in [1.165, 1.54) is 6.07 Å². The second-order valence-corrected chi connectivity index (χ2v) is 7.94. The average molecular weight is 386 g/mol. The highest BCUT2D eigenvalue weighted by Gasteiger charge is 2.19. The number of hydrogen-bond donors (Lipinski definition) is 0. The summed E-state index contributed by atoms with van der Waals surface area (Å²) in [6, 6.07) is 11.1. The Balaban J connectivity index is 1.37. The molecule has 4 rings (SSSR count). The molecule has 0 amide bonds. The maximum atomic E-state index is 13.9. The molecule has 3 aromatic rings. The molecule has 1 aliphatic heterocycles. The van der Waals surface area contributed by atoms with Gasteiger partial charge in [-0.2, -0.15) is 0 Å². The molecule has 1 aliphatic rings. The van der Waals surface area contributed by atoms with E-state index in [0.29, 0.717) is 12.4 Å². The van der Waals surface area contributed by atoms with Gasteiger partial charge >= 0.3 is 0 Å². The molecule has 0 atom stereocenters. The zero-order valence-corrected chi connectivity index (χ0v) is 16.3. The van der Waals surface area contributed by atoms with Crippen LogP contribution in [0.2, 0.25) is 0 Å². The van der Waals surface area contributed by atoms with Crippen molar-refractivity contribution in [1.29, 1.82) is 0 Å². The van der Waals surface area contributed by atoms with E-state index >= 15 is 0 Å². The Bertz CT molecular complexity index is 877. The van der Waals surface area contributed by atoms with Crippen LogP contribution in [0.5, 0.6) is 0 Å². The zero-order valence-electron chi connectivity index (χ0n) is 15.5. The van der Waals surface area contributed by atoms with E-state index in [1.807, 2.05) is 36.6 Å². The number of oxazole rings is 1. The first-order chi connectivity index (χ1) is 13.2. The van der Waals surface area contributed by atoms with Crippen LogP contribution >= 0.6 is 11.3 Å². The lowest BCUT2D eigenvalue weighted by atomic mass is 10.2. The summed E-state index contributed by atoms with van der Waals surface area (Å²) in [6.07, 6.45) is 1.07. The quantitative estimate of drug-likeness (QED) is 0.645. The van der Waals surface area contributed by atoms with Crippen LogP contribution in [0.1, 0.15) is 23.4 Å². The van der Waals surface area contributed by atoms with E-state index in [2.05, 4.69) is 9.80 Å². The third-order valence-corrected chi connectivity index (χ3v) is 5.89. The molecule has 4 nitrogen and oxygen atoms in total. The highest BCUT2D eigenvalue weighted by Crippen LogP contribution is 2.26. The SMILES string of the molecule is Cc1oc(-c2cccs2)nc1CN1CCCN(Cc2ccccc2F)CC1. The van der Waals surface area contributed by atoms with Gasteiger partial charge in [-0.15, -0.1) is 11.3 Å². The van der Waals surface area contributed by atoms with Gasteiger partial charge in [0.05, 0.1) is 10.6 Å². The smallest absolute Gasteiger partial charge is 0.236 e. The van der Waals surface area contributed by atoms with Crippen molar-refractivity contribution in [2.75, 3.05) is 26.2 Å². The molecule has 3 heterocycles. The van der Waals surface area contributed by atoms with Gasteiger partial charge in [0.2, 0.25) is 5.89 Å². The molecule has 0 spiro atoms. The third-order valence-electron chi connectivity index (χ3n) is 5.03. The fourth-order valence-electron chi connectivity index (χ4n) is 3.50. The van der Waals surface area contributed by atoms with Crippen molar-refractivity contribution in [2.24, 2.45) is 0 Å². The average Bonchev–Trinajstić information content (AvgIpc) is 3.25. The monoisotopic (exact) mass is 385 g/mol. The Morgan fingerprint density at radius 1 is 1.04 bits per heavy atom. The molecule has 0 N–H and O–H groups in total. The third kappa shape index (κ3) is 4.46. The molecule has 0 bridgehead atoms. The number of aromatic nitrogens is 1. The molecular formula is C21H24FN3OS. The van der Waals surface area contributed by atoms with Gasteiger partial charge in [-0.25, -0.2) is 9.37 Å².